The Morgan fingerprint density at radius 1 is 1.33 bits per heavy atom. The van der Waals surface area contributed by atoms with Crippen molar-refractivity contribution < 1.29 is 23.2 Å². The number of benzene rings is 1. The molecule has 0 aromatic heterocycles. The summed E-state index contributed by atoms with van der Waals surface area (Å²) in [5.41, 5.74) is 1.53. The third-order valence-electron chi connectivity index (χ3n) is 2.64. The third kappa shape index (κ3) is 3.52. The van der Waals surface area contributed by atoms with Gasteiger partial charge in [0.05, 0.1) is 6.61 Å². The molecule has 4 nitrogen and oxygen atoms in total. The minimum Gasteiger partial charge on any atom is -0.407 e. The zero-order valence-electron chi connectivity index (χ0n) is 10.4. The monoisotopic (exact) mass is 254 g/mol. The van der Waals surface area contributed by atoms with E-state index in [-0.39, 0.29) is 19.2 Å². The van der Waals surface area contributed by atoms with Crippen molar-refractivity contribution >= 4 is 12.6 Å². The number of hydrogen-bond donors (Lipinski definition) is 0. The van der Waals surface area contributed by atoms with Crippen LogP contribution in [-0.4, -0.2) is 34.2 Å². The molecule has 1 fully saturated rings. The van der Waals surface area contributed by atoms with Gasteiger partial charge in [0, 0.05) is 20.3 Å². The predicted octanol–water partition coefficient (Wildman–Crippen LogP) is 1.08. The number of hydrogen-bond acceptors (Lipinski definition) is 4. The van der Waals surface area contributed by atoms with Crippen molar-refractivity contribution in [1.29, 1.82) is 0 Å². The molecule has 0 saturated carbocycles. The first-order valence-electron chi connectivity index (χ1n) is 5.89. The standard InChI is InChI=1S/C12H16BFO4/c1-15-9-16-8-10-7-11(14)3-4-12(10)13-17-5-2-6-18-13/h3-4,7H,2,5-6,8-9H2,1H3. The zero-order valence-corrected chi connectivity index (χ0v) is 10.4. The van der Waals surface area contributed by atoms with Crippen LogP contribution in [0.2, 0.25) is 0 Å². The van der Waals surface area contributed by atoms with E-state index >= 15 is 0 Å². The van der Waals surface area contributed by atoms with E-state index < -0.39 is 7.12 Å². The normalized spacial score (nSPS) is 16.0. The zero-order chi connectivity index (χ0) is 12.8. The lowest BCUT2D eigenvalue weighted by Crippen LogP contribution is -2.42. The van der Waals surface area contributed by atoms with Crippen LogP contribution in [0.3, 0.4) is 0 Å². The Hall–Kier alpha value is -0.945. The maximum atomic E-state index is 13.3. The fourth-order valence-corrected chi connectivity index (χ4v) is 1.83. The topological polar surface area (TPSA) is 36.9 Å². The van der Waals surface area contributed by atoms with E-state index in [1.54, 1.807) is 13.2 Å². The second kappa shape index (κ2) is 6.85. The van der Waals surface area contributed by atoms with Crippen molar-refractivity contribution in [2.45, 2.75) is 13.0 Å². The Morgan fingerprint density at radius 3 is 2.83 bits per heavy atom. The van der Waals surface area contributed by atoms with Crippen LogP contribution in [-0.2, 0) is 25.4 Å². The van der Waals surface area contributed by atoms with Crippen LogP contribution >= 0.6 is 0 Å². The van der Waals surface area contributed by atoms with Gasteiger partial charge in [0.25, 0.3) is 0 Å². The highest BCUT2D eigenvalue weighted by molar-refractivity contribution is 6.61. The first-order chi connectivity index (χ1) is 8.81. The number of halogens is 1. The Labute approximate surface area is 106 Å². The van der Waals surface area contributed by atoms with Gasteiger partial charge in [-0.1, -0.05) is 6.07 Å². The van der Waals surface area contributed by atoms with E-state index in [2.05, 4.69) is 0 Å². The van der Waals surface area contributed by atoms with Crippen LogP contribution in [0.5, 0.6) is 0 Å². The summed E-state index contributed by atoms with van der Waals surface area (Å²) in [5.74, 6) is -0.300. The van der Waals surface area contributed by atoms with Crippen LogP contribution in [0, 0.1) is 5.82 Å². The second-order valence-electron chi connectivity index (χ2n) is 4.03. The summed E-state index contributed by atoms with van der Waals surface area (Å²) in [6, 6.07) is 4.51. The molecular weight excluding hydrogens is 238 g/mol. The van der Waals surface area contributed by atoms with Crippen molar-refractivity contribution in [3.8, 4) is 0 Å². The SMILES string of the molecule is COCOCc1cc(F)ccc1B1OCCCO1. The van der Waals surface area contributed by atoms with Crippen molar-refractivity contribution in [2.24, 2.45) is 0 Å². The average Bonchev–Trinajstić information content (AvgIpc) is 2.40. The fraction of sp³-hybridized carbons (Fsp3) is 0.500. The van der Waals surface area contributed by atoms with Gasteiger partial charge in [-0.25, -0.2) is 4.39 Å². The lowest BCUT2D eigenvalue weighted by Gasteiger charge is -2.22. The minimum atomic E-state index is -0.430. The van der Waals surface area contributed by atoms with Gasteiger partial charge >= 0.3 is 7.12 Å². The van der Waals surface area contributed by atoms with E-state index in [9.17, 15) is 4.39 Å². The molecule has 0 radical (unpaired) electrons. The first kappa shape index (κ1) is 13.5. The molecule has 1 aliphatic heterocycles. The summed E-state index contributed by atoms with van der Waals surface area (Å²) < 4.78 is 34.3. The van der Waals surface area contributed by atoms with E-state index in [4.69, 9.17) is 18.8 Å². The Morgan fingerprint density at radius 2 is 2.11 bits per heavy atom. The molecular formula is C12H16BFO4. The maximum Gasteiger partial charge on any atom is 0.494 e. The summed E-state index contributed by atoms with van der Waals surface area (Å²) in [5, 5.41) is 0. The van der Waals surface area contributed by atoms with Crippen LogP contribution in [0.4, 0.5) is 4.39 Å². The number of rotatable bonds is 5. The summed E-state index contributed by atoms with van der Waals surface area (Å²) in [4.78, 5) is 0. The molecule has 0 aliphatic carbocycles. The lowest BCUT2D eigenvalue weighted by atomic mass is 9.75. The largest absolute Gasteiger partial charge is 0.494 e. The highest BCUT2D eigenvalue weighted by atomic mass is 19.1. The van der Waals surface area contributed by atoms with Crippen LogP contribution in [0.25, 0.3) is 0 Å². The van der Waals surface area contributed by atoms with Crippen LogP contribution in [0.1, 0.15) is 12.0 Å². The molecule has 1 saturated heterocycles. The van der Waals surface area contributed by atoms with Gasteiger partial charge in [0.2, 0.25) is 0 Å². The number of ether oxygens (including phenoxy) is 2. The third-order valence-corrected chi connectivity index (χ3v) is 2.64. The highest BCUT2D eigenvalue weighted by Crippen LogP contribution is 2.09. The Balaban J connectivity index is 2.11. The lowest BCUT2D eigenvalue weighted by molar-refractivity contribution is -0.0389. The van der Waals surface area contributed by atoms with Gasteiger partial charge in [-0.3, -0.25) is 0 Å². The molecule has 0 atom stereocenters. The van der Waals surface area contributed by atoms with E-state index in [0.717, 1.165) is 17.4 Å². The van der Waals surface area contributed by atoms with Crippen molar-refractivity contribution in [1.82, 2.24) is 0 Å². The minimum absolute atomic E-state index is 0.169. The molecule has 1 aliphatic rings. The first-order valence-corrected chi connectivity index (χ1v) is 5.89. The van der Waals surface area contributed by atoms with Gasteiger partial charge in [-0.05, 0) is 29.6 Å². The van der Waals surface area contributed by atoms with Crippen molar-refractivity contribution in [3.05, 3.63) is 29.6 Å². The summed E-state index contributed by atoms with van der Waals surface area (Å²) in [6.07, 6.45) is 0.882. The van der Waals surface area contributed by atoms with E-state index in [1.165, 1.54) is 12.1 Å². The van der Waals surface area contributed by atoms with E-state index in [1.807, 2.05) is 0 Å². The molecule has 1 heterocycles. The Bertz CT molecular complexity index is 382. The molecule has 2 rings (SSSR count). The average molecular weight is 254 g/mol. The molecule has 1 aromatic carbocycles. The van der Waals surface area contributed by atoms with Gasteiger partial charge < -0.3 is 18.8 Å². The molecule has 0 amide bonds. The fourth-order valence-electron chi connectivity index (χ4n) is 1.83. The molecule has 1 aromatic rings. The predicted molar refractivity (Wildman–Crippen MR) is 65.0 cm³/mol. The Kier molecular flexibility index (Phi) is 5.13. The van der Waals surface area contributed by atoms with Gasteiger partial charge in [-0.15, -0.1) is 0 Å². The molecule has 98 valence electrons. The number of methoxy groups -OCH3 is 1. The molecule has 0 N–H and O–H groups in total. The van der Waals surface area contributed by atoms with Crippen molar-refractivity contribution in [3.63, 3.8) is 0 Å². The summed E-state index contributed by atoms with van der Waals surface area (Å²) >= 11 is 0. The second-order valence-corrected chi connectivity index (χ2v) is 4.03. The molecule has 18 heavy (non-hydrogen) atoms. The smallest absolute Gasteiger partial charge is 0.407 e. The van der Waals surface area contributed by atoms with Crippen LogP contribution in [0.15, 0.2) is 18.2 Å². The maximum absolute atomic E-state index is 13.3. The summed E-state index contributed by atoms with van der Waals surface area (Å²) in [7, 11) is 1.11. The van der Waals surface area contributed by atoms with Crippen molar-refractivity contribution in [2.75, 3.05) is 27.1 Å². The highest BCUT2D eigenvalue weighted by Gasteiger charge is 2.27. The summed E-state index contributed by atoms with van der Waals surface area (Å²) in [6.45, 7) is 1.74. The van der Waals surface area contributed by atoms with E-state index in [0.29, 0.717) is 13.2 Å². The molecule has 0 spiro atoms. The van der Waals surface area contributed by atoms with Gasteiger partial charge in [0.15, 0.2) is 0 Å². The van der Waals surface area contributed by atoms with Gasteiger partial charge in [0.1, 0.15) is 12.6 Å². The van der Waals surface area contributed by atoms with Gasteiger partial charge in [-0.2, -0.15) is 0 Å². The van der Waals surface area contributed by atoms with Crippen LogP contribution < -0.4 is 5.46 Å². The quantitative estimate of drug-likeness (QED) is 0.447. The molecule has 0 unspecified atom stereocenters. The molecule has 0 bridgehead atoms. The molecule has 6 heteroatoms.